The maximum absolute atomic E-state index is 15.2. The summed E-state index contributed by atoms with van der Waals surface area (Å²) in [6.07, 6.45) is 14.1. The van der Waals surface area contributed by atoms with E-state index in [9.17, 15) is 38.8 Å². The highest BCUT2D eigenvalue weighted by atomic mass is 32.2. The fourth-order valence-electron chi connectivity index (χ4n) is 22.4. The van der Waals surface area contributed by atoms with Crippen molar-refractivity contribution in [2.75, 3.05) is 151 Å². The van der Waals surface area contributed by atoms with E-state index in [2.05, 4.69) is 168 Å². The molecule has 1 amide bonds. The van der Waals surface area contributed by atoms with Gasteiger partial charge in [0.25, 0.3) is 0 Å². The minimum atomic E-state index is -3.34. The van der Waals surface area contributed by atoms with Crippen molar-refractivity contribution in [2.24, 2.45) is 0 Å². The first-order valence-electron chi connectivity index (χ1n) is 47.7. The van der Waals surface area contributed by atoms with Gasteiger partial charge in [-0.1, -0.05) is 208 Å². The van der Waals surface area contributed by atoms with Crippen LogP contribution in [0, 0.1) is 59.0 Å². The number of hydrogen-bond donors (Lipinski definition) is 0. The van der Waals surface area contributed by atoms with Crippen LogP contribution in [0.3, 0.4) is 0 Å². The zero-order chi connectivity index (χ0) is 93.9. The zero-order valence-corrected chi connectivity index (χ0v) is 83.2. The quantitative estimate of drug-likeness (QED) is 0.0762. The van der Waals surface area contributed by atoms with Gasteiger partial charge in [0, 0.05) is 107 Å². The lowest BCUT2D eigenvalue weighted by molar-refractivity contribution is -0.132. The first-order valence-corrected chi connectivity index (χ1v) is 52.5. The van der Waals surface area contributed by atoms with Crippen LogP contribution in [0.15, 0.2) is 186 Å². The summed E-state index contributed by atoms with van der Waals surface area (Å²) in [5.41, 5.74) is 31.1. The molecule has 0 N–H and O–H groups in total. The first kappa shape index (κ1) is 98.5. The number of rotatable bonds is 19. The van der Waals surface area contributed by atoms with Crippen LogP contribution in [-0.4, -0.2) is 220 Å². The summed E-state index contributed by atoms with van der Waals surface area (Å²) in [4.78, 5) is 23.3. The van der Waals surface area contributed by atoms with Crippen molar-refractivity contribution in [1.82, 2.24) is 37.4 Å². The third kappa shape index (κ3) is 21.6. The highest BCUT2D eigenvalue weighted by molar-refractivity contribution is 7.89. The summed E-state index contributed by atoms with van der Waals surface area (Å²) in [6.45, 7) is 31.3. The Labute approximate surface area is 782 Å². The predicted molar refractivity (Wildman–Crippen MR) is 532 cm³/mol. The third-order valence-corrected chi connectivity index (χ3v) is 35.7. The average molecular weight is 1840 g/mol. The van der Waals surface area contributed by atoms with E-state index in [0.29, 0.717) is 107 Å². The van der Waals surface area contributed by atoms with Gasteiger partial charge in [0.2, 0.25) is 36.0 Å². The maximum atomic E-state index is 15.2. The van der Waals surface area contributed by atoms with Gasteiger partial charge in [-0.2, -0.15) is 0 Å². The Morgan fingerprint density at radius 1 is 0.366 bits per heavy atom. The molecule has 8 aromatic rings. The van der Waals surface area contributed by atoms with Gasteiger partial charge >= 0.3 is 0 Å². The van der Waals surface area contributed by atoms with Crippen LogP contribution < -0.4 is 0 Å². The molecule has 0 saturated carbocycles. The molecule has 5 aliphatic heterocycles. The van der Waals surface area contributed by atoms with Crippen LogP contribution in [0.5, 0.6) is 0 Å². The smallest absolute Gasteiger partial charge is 0.223 e. The van der Waals surface area contributed by atoms with Gasteiger partial charge in [-0.3, -0.25) is 4.79 Å². The Morgan fingerprint density at radius 2 is 0.740 bits per heavy atom. The lowest BCUT2D eigenvalue weighted by Gasteiger charge is -2.35. The van der Waals surface area contributed by atoms with Gasteiger partial charge < -0.3 is 24.5 Å². The van der Waals surface area contributed by atoms with E-state index in [1.165, 1.54) is 151 Å². The highest BCUT2D eigenvalue weighted by Gasteiger charge is 2.48. The van der Waals surface area contributed by atoms with Gasteiger partial charge in [-0.05, 0) is 322 Å². The van der Waals surface area contributed by atoms with Crippen molar-refractivity contribution in [1.29, 1.82) is 0 Å². The van der Waals surface area contributed by atoms with E-state index in [-0.39, 0.29) is 51.0 Å². The van der Waals surface area contributed by atoms with Gasteiger partial charge in [0.05, 0.1) is 17.3 Å². The van der Waals surface area contributed by atoms with Crippen molar-refractivity contribution < 1.29 is 43.2 Å². The number of likely N-dealkylation sites (tertiary alicyclic amines) is 2. The number of allylic oxidation sites excluding steroid dienone is 4. The third-order valence-electron chi connectivity index (χ3n) is 30.1. The summed E-state index contributed by atoms with van der Waals surface area (Å²) in [7, 11) is 1.54. The summed E-state index contributed by atoms with van der Waals surface area (Å²) >= 11 is 0. The molecule has 5 fully saturated rings. The molecule has 15 nitrogen and oxygen atoms in total. The number of benzene rings is 8. The molecule has 131 heavy (non-hydrogen) atoms. The second kappa shape index (κ2) is 41.0. The number of aryl methyl sites for hydroxylation is 6. The Kier molecular flexibility index (Phi) is 30.8. The van der Waals surface area contributed by atoms with Crippen LogP contribution in [0.4, 0.5) is 13.2 Å². The van der Waals surface area contributed by atoms with Crippen LogP contribution in [0.2, 0.25) is 0 Å². The maximum Gasteiger partial charge on any atom is 0.223 e. The van der Waals surface area contributed by atoms with Crippen molar-refractivity contribution >= 4 is 58.3 Å². The van der Waals surface area contributed by atoms with Gasteiger partial charge in [-0.25, -0.2) is 51.3 Å². The Balaban J connectivity index is 0.000000141. The molecule has 21 heteroatoms. The van der Waals surface area contributed by atoms with Gasteiger partial charge in [0.15, 0.2) is 0 Å². The number of nitrogens with zero attached hydrogens (tertiary/aromatic N) is 8. The van der Waals surface area contributed by atoms with E-state index in [0.717, 1.165) is 99.7 Å². The molecular formula is C110H141F3N8O7S3. The van der Waals surface area contributed by atoms with Gasteiger partial charge in [0.1, 0.15) is 17.5 Å². The van der Waals surface area contributed by atoms with Crippen LogP contribution >= 0.6 is 0 Å². The van der Waals surface area contributed by atoms with E-state index < -0.39 is 35.5 Å². The number of piperidine rings is 5. The van der Waals surface area contributed by atoms with Crippen molar-refractivity contribution in [3.05, 3.63) is 304 Å². The van der Waals surface area contributed by atoms with Crippen molar-refractivity contribution in [2.45, 2.75) is 194 Å². The number of carbonyl (C=O) groups is 1. The molecule has 0 spiro atoms. The summed E-state index contributed by atoms with van der Waals surface area (Å²) in [5.74, 6) is 0.0245. The molecule has 17 rings (SSSR count). The molecule has 5 saturated heterocycles. The number of hydrogen-bond acceptors (Lipinski definition) is 11. The molecule has 0 radical (unpaired) electrons. The summed E-state index contributed by atoms with van der Waals surface area (Å²) in [5, 5.41) is 0. The minimum Gasteiger partial charge on any atom is -0.342 e. The molecule has 5 heterocycles. The van der Waals surface area contributed by atoms with E-state index in [1.807, 2.05) is 88.2 Å². The molecule has 9 aliphatic rings. The molecule has 4 aliphatic carbocycles. The molecule has 702 valence electrons. The molecule has 8 aromatic carbocycles. The number of halogens is 3. The van der Waals surface area contributed by atoms with Crippen LogP contribution in [0.1, 0.15) is 205 Å². The number of sulfonamides is 3. The molecular weight excluding hydrogens is 1700 g/mol. The van der Waals surface area contributed by atoms with Crippen molar-refractivity contribution in [3.8, 4) is 0 Å². The predicted octanol–water partition coefficient (Wildman–Crippen LogP) is 19.5. The van der Waals surface area contributed by atoms with E-state index in [1.54, 1.807) is 43.6 Å². The molecule has 0 bridgehead atoms. The van der Waals surface area contributed by atoms with Crippen LogP contribution in [0.25, 0.3) is 22.3 Å². The normalized spacial score (nSPS) is 22.2. The van der Waals surface area contributed by atoms with E-state index >= 15 is 4.39 Å². The fourth-order valence-corrected chi connectivity index (χ4v) is 27.2. The second-order valence-corrected chi connectivity index (χ2v) is 46.6. The Hall–Kier alpha value is -8.45. The SMILES string of the molecule is Cc1cc2c(cc1C)C(=C1CCN(C(=O)CCN3CCCCC3)CC1)C(C)(c1ccccc1)C2.Cc1cc2c(cc1C)C(=C1CCN(S(=O)(=O)CCN(C)C)CC1)C(C)(c1ccccc1)C2.Cc1ccc2c(c1)C(=C1CCN(S(=O)(=O)CCN(C)C)CC1)C(C)(c1ccc(F)cc1)C2.Cc1ccc2c(c1F)CC(C)(c1ccccc1F)C2=C1CCN(S(=O)(=O)CCN(C)C)CC1. The molecule has 4 unspecified atom stereocenters. The molecule has 0 aromatic heterocycles. The van der Waals surface area contributed by atoms with E-state index in [4.69, 9.17) is 0 Å². The van der Waals surface area contributed by atoms with Crippen LogP contribution in [-0.2, 0) is 82.2 Å². The Bertz CT molecular complexity index is 5990. The second-order valence-electron chi connectivity index (χ2n) is 40.3. The minimum absolute atomic E-state index is 0.000396. The highest BCUT2D eigenvalue weighted by Crippen LogP contribution is 2.57. The first-order chi connectivity index (χ1) is 62.2. The number of carbonyl (C=O) groups excluding carboxylic acids is 1. The zero-order valence-electron chi connectivity index (χ0n) is 80.7. The van der Waals surface area contributed by atoms with Gasteiger partial charge in [-0.15, -0.1) is 0 Å². The number of fused-ring (bicyclic) bond motifs is 4. The molecule has 4 atom stereocenters. The monoisotopic (exact) mass is 1840 g/mol. The standard InChI is InChI=1S/C31H40N2O.C27H36N2O2S.C26H32F2N2O2S.C26H33FN2O2S/c1-23-20-26-22-31(3,27-10-6-4-7-11-27)30(28(26)21-24(23)2)25-12-18-33(19-13-25)29(34)14-17-32-15-8-5-9-16-32;1-20-17-23-19-27(3,24-9-7-6-8-10-24)26(25(23)18-21(20)2)22-11-13-29(14-12-22)32(30,31)16-15-28(4)5;1-18-9-10-20-21(25(18)28)17-26(2,22-7-5-6-8-23(22)27)24(20)19-11-13-30(14-12-19)33(31,32)16-15-29(3)4;1-19-5-6-21-18-26(2,22-7-9-23(27)10-8-22)25(24(21)17-19)20-11-13-29(14-12-20)32(30,31)16-15-28(3)4/h4,6-7,10-11,20-21H,5,8-9,12-19,22H2,1-3H3;6-10,17-18H,11-16,19H2,1-5H3;5-10H,11-17H2,1-4H3;5-10,17H,11-16,18H2,1-4H3. The summed E-state index contributed by atoms with van der Waals surface area (Å²) in [6, 6.07) is 55.4. The summed E-state index contributed by atoms with van der Waals surface area (Å²) < 4.78 is 126. The largest absolute Gasteiger partial charge is 0.342 e. The fraction of sp³-hybridized carbons (Fsp3) is 0.482. The van der Waals surface area contributed by atoms with Crippen molar-refractivity contribution in [3.63, 3.8) is 0 Å². The topological polar surface area (TPSA) is 145 Å². The number of amides is 1. The Morgan fingerprint density at radius 3 is 1.16 bits per heavy atom. The average Bonchev–Trinajstić information content (AvgIpc) is 1.58. The lowest BCUT2D eigenvalue weighted by atomic mass is 9.73. The lowest BCUT2D eigenvalue weighted by Crippen LogP contribution is -2.40.